The molecule has 0 bridgehead atoms. The van der Waals surface area contributed by atoms with Crippen LogP contribution in [0.2, 0.25) is 0 Å². The molecule has 3 N–H and O–H groups in total. The predicted molar refractivity (Wildman–Crippen MR) is 106 cm³/mol. The van der Waals surface area contributed by atoms with E-state index in [0.29, 0.717) is 6.54 Å². The van der Waals surface area contributed by atoms with Gasteiger partial charge in [-0.1, -0.05) is 42.0 Å². The molecule has 0 aliphatic carbocycles. The molecule has 0 radical (unpaired) electrons. The summed E-state index contributed by atoms with van der Waals surface area (Å²) in [6, 6.07) is 11.1. The molecule has 0 amide bonds. The molecule has 2 aromatic carbocycles. The summed E-state index contributed by atoms with van der Waals surface area (Å²) in [5, 5.41) is 0.185. The van der Waals surface area contributed by atoms with Crippen molar-refractivity contribution in [3.8, 4) is 0 Å². The van der Waals surface area contributed by atoms with Gasteiger partial charge in [-0.3, -0.25) is 0 Å². The van der Waals surface area contributed by atoms with Crippen LogP contribution in [0.25, 0.3) is 0 Å². The van der Waals surface area contributed by atoms with Crippen LogP contribution >= 0.6 is 9.19 Å². The van der Waals surface area contributed by atoms with E-state index >= 15 is 0 Å². The van der Waals surface area contributed by atoms with E-state index < -0.39 is 8.80 Å². The van der Waals surface area contributed by atoms with Gasteiger partial charge in [0, 0.05) is 17.4 Å². The number of hydrogen-bond acceptors (Lipinski definition) is 5. The van der Waals surface area contributed by atoms with Gasteiger partial charge in [0.2, 0.25) is 0 Å². The molecule has 0 aromatic heterocycles. The first-order valence-electron chi connectivity index (χ1n) is 8.27. The third-order valence-electron chi connectivity index (χ3n) is 4.29. The van der Waals surface area contributed by atoms with E-state index in [1.165, 1.54) is 22.4 Å². The van der Waals surface area contributed by atoms with Gasteiger partial charge in [0.1, 0.15) is 0 Å². The second-order valence-corrected chi connectivity index (χ2v) is 8.42. The molecule has 0 saturated heterocycles. The van der Waals surface area contributed by atoms with Crippen LogP contribution in [0.1, 0.15) is 22.3 Å². The standard InChI is InChI=1S/C19H23N2O3Si.Ag.ClH/c1-14-10-15(2)19(16(3)11-14)21-9-8-20(13-21)12-17-4-6-18(7-5-17)25(22,23)24;;/h4-11,13,22-24H,12H2,1-3H3;;1H/q-1;+1;/p-1. The predicted octanol–water partition coefficient (Wildman–Crippen LogP) is 2.33. The summed E-state index contributed by atoms with van der Waals surface area (Å²) in [5.41, 5.74) is 5.94. The Bertz CT molecular complexity index is 787. The summed E-state index contributed by atoms with van der Waals surface area (Å²) in [4.78, 5) is 32.1. The molecule has 0 atom stereocenters. The number of anilines is 1. The number of nitrogens with zero attached hydrogens (tertiary/aromatic N) is 2. The van der Waals surface area contributed by atoms with E-state index in [4.69, 9.17) is 0 Å². The van der Waals surface area contributed by atoms with Crippen molar-refractivity contribution in [3.05, 3.63) is 77.7 Å². The van der Waals surface area contributed by atoms with Gasteiger partial charge in [-0.15, -0.1) is 0 Å². The van der Waals surface area contributed by atoms with E-state index in [1.54, 1.807) is 24.3 Å². The van der Waals surface area contributed by atoms with Crippen LogP contribution in [0.3, 0.4) is 0 Å². The molecule has 27 heavy (non-hydrogen) atoms. The first-order chi connectivity index (χ1) is 12.7. The van der Waals surface area contributed by atoms with Gasteiger partial charge in [-0.25, -0.2) is 0 Å². The Kier molecular flexibility index (Phi) is 7.73. The Morgan fingerprint density at radius 1 is 0.963 bits per heavy atom. The molecule has 1 aliphatic rings. The molecule has 8 heteroatoms. The van der Waals surface area contributed by atoms with Crippen LogP contribution in [0.4, 0.5) is 5.69 Å². The first kappa shape index (κ1) is 22.2. The summed E-state index contributed by atoms with van der Waals surface area (Å²) in [6.07, 6.45) is 4.04. The zero-order valence-corrected chi connectivity index (χ0v) is 18.6. The molecule has 1 aliphatic heterocycles. The van der Waals surface area contributed by atoms with E-state index in [-0.39, 0.29) is 5.19 Å². The Hall–Kier alpha value is -1.09. The molecule has 0 fully saturated rings. The van der Waals surface area contributed by atoms with Crippen molar-refractivity contribution >= 4 is 28.9 Å². The average Bonchev–Trinajstić information content (AvgIpc) is 3.03. The Morgan fingerprint density at radius 2 is 1.52 bits per heavy atom. The van der Waals surface area contributed by atoms with Crippen molar-refractivity contribution in [1.29, 1.82) is 0 Å². The zero-order valence-electron chi connectivity index (χ0n) is 15.3. The van der Waals surface area contributed by atoms with Gasteiger partial charge in [0.05, 0.1) is 0 Å². The van der Waals surface area contributed by atoms with Gasteiger partial charge in [0.15, 0.2) is 0 Å². The molecule has 5 nitrogen and oxygen atoms in total. The number of halogens is 1. The number of rotatable bonds is 4. The van der Waals surface area contributed by atoms with Crippen LogP contribution in [0, 0.1) is 27.4 Å². The summed E-state index contributed by atoms with van der Waals surface area (Å²) in [7, 11) is 0.232. The Labute approximate surface area is 177 Å². The van der Waals surface area contributed by atoms with Gasteiger partial charge in [-0.2, -0.15) is 6.67 Å². The molecule has 0 spiro atoms. The van der Waals surface area contributed by atoms with Gasteiger partial charge >= 0.3 is 38.0 Å². The summed E-state index contributed by atoms with van der Waals surface area (Å²) in [6.45, 7) is 9.04. The fraction of sp³-hybridized carbons (Fsp3) is 0.211. The van der Waals surface area contributed by atoms with Crippen molar-refractivity contribution in [2.75, 3.05) is 4.90 Å². The SMILES string of the molecule is Cc1cc(C)c(N2C=CN(Cc3ccc([Si](O)(O)O)cc3)[CH-]2)c(C)c1.[Cl][Ag]. The molecule has 3 rings (SSSR count). The molecule has 0 unspecified atom stereocenters. The van der Waals surface area contributed by atoms with Gasteiger partial charge < -0.3 is 24.2 Å². The van der Waals surface area contributed by atoms with Gasteiger partial charge in [0.25, 0.3) is 0 Å². The third-order valence-corrected chi connectivity index (χ3v) is 5.40. The minimum atomic E-state index is -4.22. The molecular formula is C19H23AgClN2O3Si-. The van der Waals surface area contributed by atoms with E-state index in [9.17, 15) is 14.4 Å². The number of aryl methyl sites for hydroxylation is 3. The summed E-state index contributed by atoms with van der Waals surface area (Å²) < 4.78 is 0. The van der Waals surface area contributed by atoms with Crippen molar-refractivity contribution < 1.29 is 34.4 Å². The normalized spacial score (nSPS) is 13.7. The second-order valence-electron chi connectivity index (χ2n) is 6.57. The van der Waals surface area contributed by atoms with Gasteiger partial charge in [-0.05, 0) is 49.9 Å². The maximum atomic E-state index is 9.31. The van der Waals surface area contributed by atoms with Crippen LogP contribution in [0.5, 0.6) is 0 Å². The molecule has 1 heterocycles. The number of benzene rings is 2. The van der Waals surface area contributed by atoms with Crippen molar-refractivity contribution in [1.82, 2.24) is 4.90 Å². The first-order valence-corrected chi connectivity index (χ1v) is 12.0. The summed E-state index contributed by atoms with van der Waals surface area (Å²) in [5.74, 6) is 0. The zero-order chi connectivity index (χ0) is 20.2. The fourth-order valence-corrected chi connectivity index (χ4v) is 3.86. The molecule has 0 saturated carbocycles. The summed E-state index contributed by atoms with van der Waals surface area (Å²) >= 11 is 2.42. The molecule has 150 valence electrons. The van der Waals surface area contributed by atoms with Crippen molar-refractivity contribution in [2.24, 2.45) is 0 Å². The third kappa shape index (κ3) is 5.69. The molecular weight excluding hydrogens is 476 g/mol. The van der Waals surface area contributed by atoms with Crippen LogP contribution in [-0.2, 0) is 26.5 Å². The number of hydrogen-bond donors (Lipinski definition) is 3. The van der Waals surface area contributed by atoms with E-state index in [2.05, 4.69) is 71.9 Å². The van der Waals surface area contributed by atoms with Crippen molar-refractivity contribution in [2.45, 2.75) is 27.3 Å². The van der Waals surface area contributed by atoms with E-state index in [1.807, 2.05) is 19.1 Å². The maximum absolute atomic E-state index is 9.31. The van der Waals surface area contributed by atoms with Crippen LogP contribution in [-0.4, -0.2) is 28.1 Å². The minimum absolute atomic E-state index is 0.185. The Balaban J connectivity index is 0.00000126. The average molecular weight is 499 g/mol. The fourth-order valence-electron chi connectivity index (χ4n) is 3.24. The topological polar surface area (TPSA) is 67.2 Å². The van der Waals surface area contributed by atoms with Crippen LogP contribution in [0.15, 0.2) is 48.8 Å². The van der Waals surface area contributed by atoms with Crippen molar-refractivity contribution in [3.63, 3.8) is 0 Å². The Morgan fingerprint density at radius 3 is 2.04 bits per heavy atom. The van der Waals surface area contributed by atoms with E-state index in [0.717, 1.165) is 5.56 Å². The van der Waals surface area contributed by atoms with Crippen LogP contribution < -0.4 is 10.1 Å². The molecule has 2 aromatic rings. The second kappa shape index (κ2) is 9.40. The quantitative estimate of drug-likeness (QED) is 0.446. The monoisotopic (exact) mass is 497 g/mol.